The highest BCUT2D eigenvalue weighted by molar-refractivity contribution is 5.90. The average Bonchev–Trinajstić information content (AvgIpc) is 2.83. The van der Waals surface area contributed by atoms with E-state index >= 15 is 0 Å². The Morgan fingerprint density at radius 1 is 0.781 bits per heavy atom. The lowest BCUT2D eigenvalue weighted by Gasteiger charge is -2.33. The summed E-state index contributed by atoms with van der Waals surface area (Å²) >= 11 is 0. The SMILES string of the molecule is Cc1ccccc1NC(=O)N(Cc1ccc(F)cc1)C(c1ccccc1)c1ccccc1. The fourth-order valence-corrected chi connectivity index (χ4v) is 3.79. The summed E-state index contributed by atoms with van der Waals surface area (Å²) < 4.78 is 13.5. The van der Waals surface area contributed by atoms with Crippen molar-refractivity contribution in [2.45, 2.75) is 19.5 Å². The number of para-hydroxylation sites is 1. The zero-order valence-corrected chi connectivity index (χ0v) is 17.9. The molecule has 0 saturated carbocycles. The van der Waals surface area contributed by atoms with E-state index < -0.39 is 0 Å². The highest BCUT2D eigenvalue weighted by Crippen LogP contribution is 2.31. The van der Waals surface area contributed by atoms with Gasteiger partial charge in [0.1, 0.15) is 5.82 Å². The van der Waals surface area contributed by atoms with Gasteiger partial charge in [0, 0.05) is 12.2 Å². The summed E-state index contributed by atoms with van der Waals surface area (Å²) in [5, 5.41) is 3.07. The first-order valence-corrected chi connectivity index (χ1v) is 10.6. The molecule has 3 nitrogen and oxygen atoms in total. The van der Waals surface area contributed by atoms with Crippen LogP contribution in [0.4, 0.5) is 14.9 Å². The molecule has 0 bridgehead atoms. The van der Waals surface area contributed by atoms with Crippen LogP contribution in [0, 0.1) is 12.7 Å². The number of hydrogen-bond acceptors (Lipinski definition) is 1. The molecule has 2 amide bonds. The molecule has 160 valence electrons. The molecule has 0 heterocycles. The van der Waals surface area contributed by atoms with Crippen LogP contribution in [0.15, 0.2) is 109 Å². The summed E-state index contributed by atoms with van der Waals surface area (Å²) in [7, 11) is 0. The van der Waals surface area contributed by atoms with Gasteiger partial charge in [0.2, 0.25) is 0 Å². The van der Waals surface area contributed by atoms with Crippen molar-refractivity contribution in [1.82, 2.24) is 4.90 Å². The molecule has 0 spiro atoms. The molecule has 4 rings (SSSR count). The fraction of sp³-hybridized carbons (Fsp3) is 0.107. The molecular weight excluding hydrogens is 399 g/mol. The number of benzene rings is 4. The quantitative estimate of drug-likeness (QED) is 0.357. The summed E-state index contributed by atoms with van der Waals surface area (Å²) in [5.41, 5.74) is 4.60. The zero-order valence-electron chi connectivity index (χ0n) is 17.9. The van der Waals surface area contributed by atoms with Gasteiger partial charge in [-0.2, -0.15) is 0 Å². The number of nitrogens with one attached hydrogen (secondary N) is 1. The second-order valence-corrected chi connectivity index (χ2v) is 7.72. The third kappa shape index (κ3) is 5.03. The molecule has 4 aromatic carbocycles. The first-order chi connectivity index (χ1) is 15.6. The van der Waals surface area contributed by atoms with Crippen molar-refractivity contribution in [3.63, 3.8) is 0 Å². The van der Waals surface area contributed by atoms with E-state index in [1.54, 1.807) is 17.0 Å². The number of urea groups is 1. The van der Waals surface area contributed by atoms with E-state index in [1.165, 1.54) is 12.1 Å². The minimum atomic E-state index is -0.313. The van der Waals surface area contributed by atoms with Gasteiger partial charge >= 0.3 is 6.03 Å². The predicted molar refractivity (Wildman–Crippen MR) is 127 cm³/mol. The van der Waals surface area contributed by atoms with Gasteiger partial charge in [-0.3, -0.25) is 0 Å². The Morgan fingerprint density at radius 3 is 1.88 bits per heavy atom. The molecule has 0 saturated heterocycles. The fourth-order valence-electron chi connectivity index (χ4n) is 3.79. The number of amides is 2. The molecule has 1 N–H and O–H groups in total. The van der Waals surface area contributed by atoms with Crippen molar-refractivity contribution in [1.29, 1.82) is 0 Å². The first-order valence-electron chi connectivity index (χ1n) is 10.6. The maximum Gasteiger partial charge on any atom is 0.322 e. The number of nitrogens with zero attached hydrogens (tertiary/aromatic N) is 1. The minimum Gasteiger partial charge on any atom is -0.309 e. The smallest absolute Gasteiger partial charge is 0.309 e. The Hall–Kier alpha value is -3.92. The summed E-state index contributed by atoms with van der Waals surface area (Å²) in [6.45, 7) is 2.29. The average molecular weight is 425 g/mol. The molecular formula is C28H25FN2O. The van der Waals surface area contributed by atoms with E-state index in [2.05, 4.69) is 5.32 Å². The Balaban J connectivity index is 1.77. The van der Waals surface area contributed by atoms with Crippen molar-refractivity contribution in [2.24, 2.45) is 0 Å². The number of rotatable bonds is 6. The Morgan fingerprint density at radius 2 is 1.31 bits per heavy atom. The van der Waals surface area contributed by atoms with E-state index in [4.69, 9.17) is 0 Å². The first kappa shape index (κ1) is 21.3. The number of carbonyl (C=O) groups is 1. The van der Waals surface area contributed by atoms with Crippen LogP contribution < -0.4 is 5.32 Å². The minimum absolute atomic E-state index is 0.221. The van der Waals surface area contributed by atoms with Crippen LogP contribution in [0.1, 0.15) is 28.3 Å². The van der Waals surface area contributed by atoms with Crippen LogP contribution in [-0.4, -0.2) is 10.9 Å². The molecule has 0 atom stereocenters. The van der Waals surface area contributed by atoms with Gasteiger partial charge in [-0.15, -0.1) is 0 Å². The van der Waals surface area contributed by atoms with Crippen molar-refractivity contribution in [2.75, 3.05) is 5.32 Å². The molecule has 4 aromatic rings. The number of carbonyl (C=O) groups excluding carboxylic acids is 1. The third-order valence-corrected chi connectivity index (χ3v) is 5.46. The largest absolute Gasteiger partial charge is 0.322 e. The Bertz CT molecular complexity index is 1120. The summed E-state index contributed by atoms with van der Waals surface area (Å²) in [6, 6.07) is 33.4. The number of aryl methyl sites for hydroxylation is 1. The van der Waals surface area contributed by atoms with Crippen molar-refractivity contribution in [3.05, 3.63) is 137 Å². The van der Waals surface area contributed by atoms with Crippen LogP contribution >= 0.6 is 0 Å². The van der Waals surface area contributed by atoms with Crippen LogP contribution in [0.3, 0.4) is 0 Å². The van der Waals surface area contributed by atoms with Crippen molar-refractivity contribution >= 4 is 11.7 Å². The van der Waals surface area contributed by atoms with Gasteiger partial charge in [0.25, 0.3) is 0 Å². The van der Waals surface area contributed by atoms with Crippen LogP contribution in [0.5, 0.6) is 0 Å². The third-order valence-electron chi connectivity index (χ3n) is 5.46. The van der Waals surface area contributed by atoms with Gasteiger partial charge in [0.15, 0.2) is 0 Å². The molecule has 0 fully saturated rings. The van der Waals surface area contributed by atoms with E-state index in [-0.39, 0.29) is 17.9 Å². The van der Waals surface area contributed by atoms with E-state index in [0.29, 0.717) is 6.54 Å². The molecule has 0 aliphatic carbocycles. The Labute approximate surface area is 188 Å². The number of halogens is 1. The van der Waals surface area contributed by atoms with Crippen LogP contribution in [-0.2, 0) is 6.54 Å². The molecule has 0 aliphatic heterocycles. The standard InChI is InChI=1S/C28H25FN2O/c1-21-10-8-9-15-26(21)30-28(32)31(20-22-16-18-25(29)19-17-22)27(23-11-4-2-5-12-23)24-13-6-3-7-14-24/h2-19,27H,20H2,1H3,(H,30,32). The molecule has 4 heteroatoms. The topological polar surface area (TPSA) is 32.3 Å². The molecule has 0 aliphatic rings. The van der Waals surface area contributed by atoms with Crippen LogP contribution in [0.2, 0.25) is 0 Å². The van der Waals surface area contributed by atoms with Gasteiger partial charge in [0.05, 0.1) is 6.04 Å². The summed E-state index contributed by atoms with van der Waals surface area (Å²) in [5.74, 6) is -0.299. The molecule has 0 unspecified atom stereocenters. The summed E-state index contributed by atoms with van der Waals surface area (Å²) in [4.78, 5) is 15.5. The highest BCUT2D eigenvalue weighted by atomic mass is 19.1. The highest BCUT2D eigenvalue weighted by Gasteiger charge is 2.27. The second-order valence-electron chi connectivity index (χ2n) is 7.72. The zero-order chi connectivity index (χ0) is 22.3. The lowest BCUT2D eigenvalue weighted by atomic mass is 9.96. The molecule has 32 heavy (non-hydrogen) atoms. The van der Waals surface area contributed by atoms with E-state index in [0.717, 1.165) is 27.9 Å². The van der Waals surface area contributed by atoms with Crippen LogP contribution in [0.25, 0.3) is 0 Å². The normalized spacial score (nSPS) is 10.7. The van der Waals surface area contributed by atoms with E-state index in [9.17, 15) is 9.18 Å². The van der Waals surface area contributed by atoms with Crippen molar-refractivity contribution in [3.8, 4) is 0 Å². The number of hydrogen-bond donors (Lipinski definition) is 1. The van der Waals surface area contributed by atoms with E-state index in [1.807, 2.05) is 91.9 Å². The molecule has 0 radical (unpaired) electrons. The predicted octanol–water partition coefficient (Wildman–Crippen LogP) is 6.96. The number of anilines is 1. The van der Waals surface area contributed by atoms with Gasteiger partial charge in [-0.1, -0.05) is 91.0 Å². The Kier molecular flexibility index (Phi) is 6.61. The lowest BCUT2D eigenvalue weighted by molar-refractivity contribution is 0.194. The van der Waals surface area contributed by atoms with Gasteiger partial charge in [-0.05, 0) is 47.4 Å². The molecule has 0 aromatic heterocycles. The van der Waals surface area contributed by atoms with Gasteiger partial charge in [-0.25, -0.2) is 9.18 Å². The maximum absolute atomic E-state index is 13.7. The summed E-state index contributed by atoms with van der Waals surface area (Å²) in [6.07, 6.45) is 0. The lowest BCUT2D eigenvalue weighted by Crippen LogP contribution is -2.38. The monoisotopic (exact) mass is 424 g/mol. The maximum atomic E-state index is 13.7. The van der Waals surface area contributed by atoms with Gasteiger partial charge < -0.3 is 10.2 Å². The van der Waals surface area contributed by atoms with Crippen molar-refractivity contribution < 1.29 is 9.18 Å². The second kappa shape index (κ2) is 9.92.